The first-order chi connectivity index (χ1) is 8.16. The Hall–Kier alpha value is -1.29. The van der Waals surface area contributed by atoms with Gasteiger partial charge in [0.1, 0.15) is 0 Å². The van der Waals surface area contributed by atoms with Crippen LogP contribution in [-0.2, 0) is 4.74 Å². The number of anilines is 2. The van der Waals surface area contributed by atoms with Gasteiger partial charge in [0.15, 0.2) is 5.82 Å². The fourth-order valence-corrected chi connectivity index (χ4v) is 2.22. The largest absolute Gasteiger partial charge is 0.379 e. The van der Waals surface area contributed by atoms with E-state index >= 15 is 0 Å². The molecular weight excluding hydrogens is 214 g/mol. The van der Waals surface area contributed by atoms with Crippen molar-refractivity contribution in [3.05, 3.63) is 18.3 Å². The molecule has 0 spiro atoms. The van der Waals surface area contributed by atoms with Gasteiger partial charge in [0.25, 0.3) is 0 Å². The van der Waals surface area contributed by atoms with E-state index < -0.39 is 0 Å². The SMILES string of the molecule is CC1CC(Nc2cccnc2N(C)C)CCO1. The molecule has 94 valence electrons. The number of hydrogen-bond donors (Lipinski definition) is 1. The lowest BCUT2D eigenvalue weighted by molar-refractivity contribution is 0.0232. The normalized spacial score (nSPS) is 24.4. The number of pyridine rings is 1. The molecule has 1 aromatic heterocycles. The Morgan fingerprint density at radius 1 is 1.47 bits per heavy atom. The van der Waals surface area contributed by atoms with Crippen molar-refractivity contribution in [3.8, 4) is 0 Å². The van der Waals surface area contributed by atoms with Crippen LogP contribution in [0.3, 0.4) is 0 Å². The summed E-state index contributed by atoms with van der Waals surface area (Å²) in [7, 11) is 4.03. The van der Waals surface area contributed by atoms with Gasteiger partial charge in [-0.3, -0.25) is 0 Å². The molecule has 2 heterocycles. The summed E-state index contributed by atoms with van der Waals surface area (Å²) in [6.07, 6.45) is 4.29. The minimum atomic E-state index is 0.348. The van der Waals surface area contributed by atoms with E-state index in [9.17, 15) is 0 Å². The molecule has 0 bridgehead atoms. The Morgan fingerprint density at radius 2 is 2.29 bits per heavy atom. The third kappa shape index (κ3) is 3.09. The van der Waals surface area contributed by atoms with Crippen LogP contribution in [-0.4, -0.2) is 37.8 Å². The van der Waals surface area contributed by atoms with Crippen LogP contribution in [0.4, 0.5) is 11.5 Å². The highest BCUT2D eigenvalue weighted by Gasteiger charge is 2.20. The van der Waals surface area contributed by atoms with E-state index in [2.05, 4.69) is 23.3 Å². The van der Waals surface area contributed by atoms with Crippen molar-refractivity contribution in [2.75, 3.05) is 30.9 Å². The maximum Gasteiger partial charge on any atom is 0.151 e. The molecule has 4 heteroatoms. The van der Waals surface area contributed by atoms with Gasteiger partial charge in [-0.05, 0) is 31.9 Å². The molecule has 4 nitrogen and oxygen atoms in total. The number of rotatable bonds is 3. The minimum absolute atomic E-state index is 0.348. The summed E-state index contributed by atoms with van der Waals surface area (Å²) in [6, 6.07) is 4.54. The molecular formula is C13H21N3O. The standard InChI is InChI=1S/C13H21N3O/c1-10-9-11(6-8-17-10)15-12-5-4-7-14-13(12)16(2)3/h4-5,7,10-11,15H,6,8-9H2,1-3H3. The fourth-order valence-electron chi connectivity index (χ4n) is 2.22. The van der Waals surface area contributed by atoms with Crippen molar-refractivity contribution in [1.29, 1.82) is 0 Å². The first kappa shape index (κ1) is 12.2. The van der Waals surface area contributed by atoms with Crippen LogP contribution in [0.2, 0.25) is 0 Å². The van der Waals surface area contributed by atoms with Crippen molar-refractivity contribution < 1.29 is 4.74 Å². The summed E-state index contributed by atoms with van der Waals surface area (Å²) in [5, 5.41) is 3.58. The zero-order valence-electron chi connectivity index (χ0n) is 10.8. The molecule has 1 saturated heterocycles. The highest BCUT2D eigenvalue weighted by Crippen LogP contribution is 2.24. The molecule has 1 fully saturated rings. The van der Waals surface area contributed by atoms with Gasteiger partial charge >= 0.3 is 0 Å². The molecule has 0 aromatic carbocycles. The average molecular weight is 235 g/mol. The molecule has 17 heavy (non-hydrogen) atoms. The van der Waals surface area contributed by atoms with Crippen LogP contribution < -0.4 is 10.2 Å². The first-order valence-corrected chi connectivity index (χ1v) is 6.17. The molecule has 0 saturated carbocycles. The van der Waals surface area contributed by atoms with E-state index in [-0.39, 0.29) is 0 Å². The van der Waals surface area contributed by atoms with Crippen LogP contribution in [0, 0.1) is 0 Å². The van der Waals surface area contributed by atoms with Gasteiger partial charge < -0.3 is 15.0 Å². The zero-order chi connectivity index (χ0) is 12.3. The maximum atomic E-state index is 5.56. The van der Waals surface area contributed by atoms with E-state index in [1.54, 1.807) is 0 Å². The predicted molar refractivity (Wildman–Crippen MR) is 70.6 cm³/mol. The van der Waals surface area contributed by atoms with Crippen LogP contribution in [0.5, 0.6) is 0 Å². The smallest absolute Gasteiger partial charge is 0.151 e. The van der Waals surface area contributed by atoms with Gasteiger partial charge in [-0.1, -0.05) is 0 Å². The molecule has 0 amide bonds. The van der Waals surface area contributed by atoms with E-state index in [1.807, 2.05) is 31.3 Å². The van der Waals surface area contributed by atoms with E-state index in [4.69, 9.17) is 4.74 Å². The molecule has 1 aromatic rings. The van der Waals surface area contributed by atoms with Crippen LogP contribution >= 0.6 is 0 Å². The quantitative estimate of drug-likeness (QED) is 0.871. The summed E-state index contributed by atoms with van der Waals surface area (Å²) in [6.45, 7) is 2.97. The van der Waals surface area contributed by atoms with Gasteiger partial charge in [0.2, 0.25) is 0 Å². The van der Waals surface area contributed by atoms with Crippen molar-refractivity contribution in [2.45, 2.75) is 31.9 Å². The summed E-state index contributed by atoms with van der Waals surface area (Å²) in [5.74, 6) is 0.992. The summed E-state index contributed by atoms with van der Waals surface area (Å²) in [5.41, 5.74) is 1.11. The molecule has 2 unspecified atom stereocenters. The van der Waals surface area contributed by atoms with Crippen LogP contribution in [0.15, 0.2) is 18.3 Å². The molecule has 2 rings (SSSR count). The number of aromatic nitrogens is 1. The Bertz CT molecular complexity index is 367. The monoisotopic (exact) mass is 235 g/mol. The minimum Gasteiger partial charge on any atom is -0.379 e. The van der Waals surface area contributed by atoms with Gasteiger partial charge in [-0.2, -0.15) is 0 Å². The second-order valence-corrected chi connectivity index (χ2v) is 4.82. The highest BCUT2D eigenvalue weighted by atomic mass is 16.5. The molecule has 1 N–H and O–H groups in total. The Kier molecular flexibility index (Phi) is 3.84. The van der Waals surface area contributed by atoms with E-state index in [0.29, 0.717) is 12.1 Å². The van der Waals surface area contributed by atoms with Crippen molar-refractivity contribution in [3.63, 3.8) is 0 Å². The Morgan fingerprint density at radius 3 is 3.00 bits per heavy atom. The van der Waals surface area contributed by atoms with E-state index in [1.165, 1.54) is 0 Å². The lowest BCUT2D eigenvalue weighted by Gasteiger charge is -2.29. The summed E-state index contributed by atoms with van der Waals surface area (Å²) in [4.78, 5) is 6.43. The van der Waals surface area contributed by atoms with Crippen molar-refractivity contribution >= 4 is 11.5 Å². The second-order valence-electron chi connectivity index (χ2n) is 4.82. The average Bonchev–Trinajstić information content (AvgIpc) is 2.29. The molecule has 0 aliphatic carbocycles. The van der Waals surface area contributed by atoms with E-state index in [0.717, 1.165) is 31.0 Å². The third-order valence-corrected chi connectivity index (χ3v) is 3.06. The number of ether oxygens (including phenoxy) is 1. The lowest BCUT2D eigenvalue weighted by atomic mass is 10.0. The number of hydrogen-bond acceptors (Lipinski definition) is 4. The second kappa shape index (κ2) is 5.36. The number of nitrogens with one attached hydrogen (secondary N) is 1. The highest BCUT2D eigenvalue weighted by molar-refractivity contribution is 5.65. The molecule has 1 aliphatic heterocycles. The van der Waals surface area contributed by atoms with Crippen LogP contribution in [0.25, 0.3) is 0 Å². The zero-order valence-corrected chi connectivity index (χ0v) is 10.8. The summed E-state index contributed by atoms with van der Waals surface area (Å²) >= 11 is 0. The van der Waals surface area contributed by atoms with Gasteiger partial charge in [0.05, 0.1) is 11.8 Å². The summed E-state index contributed by atoms with van der Waals surface area (Å²) < 4.78 is 5.56. The van der Waals surface area contributed by atoms with Crippen molar-refractivity contribution in [1.82, 2.24) is 4.98 Å². The predicted octanol–water partition coefficient (Wildman–Crippen LogP) is 2.13. The van der Waals surface area contributed by atoms with Crippen LogP contribution in [0.1, 0.15) is 19.8 Å². The molecule has 1 aliphatic rings. The first-order valence-electron chi connectivity index (χ1n) is 6.17. The lowest BCUT2D eigenvalue weighted by Crippen LogP contribution is -2.33. The fraction of sp³-hybridized carbons (Fsp3) is 0.615. The third-order valence-electron chi connectivity index (χ3n) is 3.06. The topological polar surface area (TPSA) is 37.4 Å². The van der Waals surface area contributed by atoms with Gasteiger partial charge in [0, 0.05) is 32.9 Å². The van der Waals surface area contributed by atoms with Gasteiger partial charge in [-0.15, -0.1) is 0 Å². The molecule has 2 atom stereocenters. The van der Waals surface area contributed by atoms with Crippen molar-refractivity contribution in [2.24, 2.45) is 0 Å². The molecule has 0 radical (unpaired) electrons. The van der Waals surface area contributed by atoms with Gasteiger partial charge in [-0.25, -0.2) is 4.98 Å². The number of nitrogens with zero attached hydrogens (tertiary/aromatic N) is 2. The maximum absolute atomic E-state index is 5.56. The Balaban J connectivity index is 2.07. The Labute approximate surface area is 103 Å².